The number of amides is 1. The van der Waals surface area contributed by atoms with Gasteiger partial charge < -0.3 is 15.5 Å². The van der Waals surface area contributed by atoms with Crippen molar-refractivity contribution in [1.29, 1.82) is 0 Å². The zero-order valence-electron chi connectivity index (χ0n) is 14.9. The lowest BCUT2D eigenvalue weighted by molar-refractivity contribution is 0.102. The Balaban J connectivity index is 0.00000243. The Hall–Kier alpha value is -1.83. The lowest BCUT2D eigenvalue weighted by Crippen LogP contribution is -2.32. The molecule has 1 aromatic heterocycles. The number of aromatic nitrogens is 3. The molecule has 1 atom stereocenters. The highest BCUT2D eigenvalue weighted by molar-refractivity contribution is 6.33. The van der Waals surface area contributed by atoms with Crippen LogP contribution in [0, 0.1) is 5.92 Å². The second-order valence-corrected chi connectivity index (χ2v) is 6.96. The summed E-state index contributed by atoms with van der Waals surface area (Å²) in [5.41, 5.74) is 1.83. The van der Waals surface area contributed by atoms with Crippen LogP contribution in [0.25, 0.3) is 0 Å². The molecule has 0 radical (unpaired) electrons. The third-order valence-electron chi connectivity index (χ3n) is 4.30. The van der Waals surface area contributed by atoms with Crippen LogP contribution in [0.5, 0.6) is 0 Å². The molecule has 0 bridgehead atoms. The fourth-order valence-corrected chi connectivity index (χ4v) is 3.33. The van der Waals surface area contributed by atoms with Gasteiger partial charge in [-0.1, -0.05) is 16.8 Å². The van der Waals surface area contributed by atoms with E-state index in [1.807, 2.05) is 31.1 Å². The Morgan fingerprint density at radius 2 is 2.27 bits per heavy atom. The zero-order valence-corrected chi connectivity index (χ0v) is 16.5. The lowest BCUT2D eigenvalue weighted by Gasteiger charge is -2.22. The molecule has 142 valence electrons. The molecule has 7 nitrogen and oxygen atoms in total. The molecular weight excluding hydrogens is 375 g/mol. The van der Waals surface area contributed by atoms with Crippen LogP contribution in [-0.2, 0) is 6.54 Å². The van der Waals surface area contributed by atoms with Gasteiger partial charge in [0.25, 0.3) is 5.91 Å². The van der Waals surface area contributed by atoms with E-state index < -0.39 is 0 Å². The number of nitrogens with one attached hydrogen (secondary N) is 2. The SMILES string of the molecule is CN(C)c1ccc(NC(=O)c2cn(CC3CCCNC3)nn2)cc1Cl.Cl. The van der Waals surface area contributed by atoms with Crippen LogP contribution in [0.4, 0.5) is 11.4 Å². The van der Waals surface area contributed by atoms with Crippen molar-refractivity contribution in [2.75, 3.05) is 37.4 Å². The van der Waals surface area contributed by atoms with Gasteiger partial charge in [0.05, 0.1) is 16.9 Å². The molecular formula is C17H24Cl2N6O. The number of rotatable bonds is 5. The normalized spacial score (nSPS) is 16.7. The average molecular weight is 399 g/mol. The minimum atomic E-state index is -0.290. The summed E-state index contributed by atoms with van der Waals surface area (Å²) in [4.78, 5) is 14.3. The van der Waals surface area contributed by atoms with E-state index in [0.29, 0.717) is 22.3 Å². The molecule has 2 aromatic rings. The van der Waals surface area contributed by atoms with Gasteiger partial charge in [0.2, 0.25) is 0 Å². The Morgan fingerprint density at radius 3 is 2.92 bits per heavy atom. The van der Waals surface area contributed by atoms with E-state index in [4.69, 9.17) is 11.6 Å². The van der Waals surface area contributed by atoms with E-state index in [1.54, 1.807) is 16.9 Å². The van der Waals surface area contributed by atoms with Gasteiger partial charge in [0.15, 0.2) is 5.69 Å². The average Bonchev–Trinajstić information content (AvgIpc) is 3.04. The van der Waals surface area contributed by atoms with Crippen LogP contribution >= 0.6 is 24.0 Å². The highest BCUT2D eigenvalue weighted by Gasteiger charge is 2.16. The van der Waals surface area contributed by atoms with Gasteiger partial charge in [0, 0.05) is 26.3 Å². The summed E-state index contributed by atoms with van der Waals surface area (Å²) >= 11 is 6.24. The molecule has 0 saturated carbocycles. The number of hydrogen-bond acceptors (Lipinski definition) is 5. The number of benzene rings is 1. The molecule has 2 heterocycles. The van der Waals surface area contributed by atoms with Gasteiger partial charge in [-0.3, -0.25) is 9.48 Å². The standard InChI is InChI=1S/C17H23ClN6O.ClH/c1-23(2)16-6-5-13(8-14(16)18)20-17(25)15-11-24(22-21-15)10-12-4-3-7-19-9-12;/h5-6,8,11-12,19H,3-4,7,9-10H2,1-2H3,(H,20,25);1H. The van der Waals surface area contributed by atoms with Crippen LogP contribution in [-0.4, -0.2) is 48.1 Å². The van der Waals surface area contributed by atoms with Crippen molar-refractivity contribution in [3.8, 4) is 0 Å². The second kappa shape index (κ2) is 9.21. The maximum absolute atomic E-state index is 12.4. The molecule has 2 N–H and O–H groups in total. The van der Waals surface area contributed by atoms with Gasteiger partial charge in [0.1, 0.15) is 0 Å². The second-order valence-electron chi connectivity index (χ2n) is 6.55. The number of carbonyl (C=O) groups excluding carboxylic acids is 1. The molecule has 1 aliphatic heterocycles. The Kier molecular flexibility index (Phi) is 7.25. The smallest absolute Gasteiger partial charge is 0.277 e. The number of nitrogens with zero attached hydrogens (tertiary/aromatic N) is 4. The number of halogens is 2. The monoisotopic (exact) mass is 398 g/mol. The molecule has 0 aliphatic carbocycles. The summed E-state index contributed by atoms with van der Waals surface area (Å²) in [5, 5.41) is 14.8. The molecule has 9 heteroatoms. The van der Waals surface area contributed by atoms with Crippen LogP contribution in [0.3, 0.4) is 0 Å². The molecule has 1 saturated heterocycles. The van der Waals surface area contributed by atoms with Gasteiger partial charge >= 0.3 is 0 Å². The predicted molar refractivity (Wildman–Crippen MR) is 107 cm³/mol. The largest absolute Gasteiger partial charge is 0.376 e. The topological polar surface area (TPSA) is 75.1 Å². The molecule has 0 spiro atoms. The predicted octanol–water partition coefficient (Wildman–Crippen LogP) is 2.67. The van der Waals surface area contributed by atoms with E-state index >= 15 is 0 Å². The first-order chi connectivity index (χ1) is 12.0. The summed E-state index contributed by atoms with van der Waals surface area (Å²) in [5.74, 6) is 0.241. The van der Waals surface area contributed by atoms with Gasteiger partial charge in [-0.05, 0) is 50.0 Å². The number of carbonyl (C=O) groups is 1. The van der Waals surface area contributed by atoms with Crippen molar-refractivity contribution in [3.05, 3.63) is 35.1 Å². The molecule has 3 rings (SSSR count). The molecule has 1 fully saturated rings. The van der Waals surface area contributed by atoms with E-state index in [-0.39, 0.29) is 18.3 Å². The van der Waals surface area contributed by atoms with Gasteiger partial charge in [-0.15, -0.1) is 17.5 Å². The molecule has 1 aromatic carbocycles. The third kappa shape index (κ3) is 5.09. The highest BCUT2D eigenvalue weighted by Crippen LogP contribution is 2.27. The molecule has 1 aliphatic rings. The minimum absolute atomic E-state index is 0. The third-order valence-corrected chi connectivity index (χ3v) is 4.61. The van der Waals surface area contributed by atoms with Crippen LogP contribution in [0.2, 0.25) is 5.02 Å². The summed E-state index contributed by atoms with van der Waals surface area (Å²) in [6.07, 6.45) is 4.04. The number of anilines is 2. The van der Waals surface area contributed by atoms with E-state index in [9.17, 15) is 4.79 Å². The van der Waals surface area contributed by atoms with E-state index in [0.717, 1.165) is 25.3 Å². The van der Waals surface area contributed by atoms with E-state index in [1.165, 1.54) is 12.8 Å². The highest BCUT2D eigenvalue weighted by atomic mass is 35.5. The van der Waals surface area contributed by atoms with Crippen molar-refractivity contribution in [1.82, 2.24) is 20.3 Å². The summed E-state index contributed by atoms with van der Waals surface area (Å²) in [7, 11) is 3.83. The Bertz CT molecular complexity index is 743. The lowest BCUT2D eigenvalue weighted by atomic mass is 10.00. The Labute approximate surface area is 164 Å². The molecule has 1 unspecified atom stereocenters. The fourth-order valence-electron chi connectivity index (χ4n) is 2.98. The first-order valence-corrected chi connectivity index (χ1v) is 8.80. The van der Waals surface area contributed by atoms with Crippen molar-refractivity contribution < 1.29 is 4.79 Å². The van der Waals surface area contributed by atoms with Gasteiger partial charge in [-0.2, -0.15) is 0 Å². The summed E-state index contributed by atoms with van der Waals surface area (Å²) in [6, 6.07) is 5.41. The molecule has 26 heavy (non-hydrogen) atoms. The zero-order chi connectivity index (χ0) is 17.8. The first-order valence-electron chi connectivity index (χ1n) is 8.42. The van der Waals surface area contributed by atoms with Crippen molar-refractivity contribution in [2.24, 2.45) is 5.92 Å². The number of piperidine rings is 1. The van der Waals surface area contributed by atoms with Crippen LogP contribution < -0.4 is 15.5 Å². The number of hydrogen-bond donors (Lipinski definition) is 2. The molecule has 1 amide bonds. The first kappa shape index (κ1) is 20.5. The fraction of sp³-hybridized carbons (Fsp3) is 0.471. The Morgan fingerprint density at radius 1 is 1.46 bits per heavy atom. The van der Waals surface area contributed by atoms with Crippen LogP contribution in [0.1, 0.15) is 23.3 Å². The quantitative estimate of drug-likeness (QED) is 0.809. The van der Waals surface area contributed by atoms with E-state index in [2.05, 4.69) is 20.9 Å². The summed E-state index contributed by atoms with van der Waals surface area (Å²) in [6.45, 7) is 2.84. The maximum Gasteiger partial charge on any atom is 0.277 e. The maximum atomic E-state index is 12.4. The summed E-state index contributed by atoms with van der Waals surface area (Å²) < 4.78 is 1.74. The van der Waals surface area contributed by atoms with Crippen molar-refractivity contribution in [3.63, 3.8) is 0 Å². The minimum Gasteiger partial charge on any atom is -0.376 e. The van der Waals surface area contributed by atoms with Crippen molar-refractivity contribution in [2.45, 2.75) is 19.4 Å². The van der Waals surface area contributed by atoms with Crippen LogP contribution in [0.15, 0.2) is 24.4 Å². The van der Waals surface area contributed by atoms with Gasteiger partial charge in [-0.25, -0.2) is 0 Å². The van der Waals surface area contributed by atoms with Crippen molar-refractivity contribution >= 4 is 41.3 Å².